The monoisotopic (exact) mass is 317 g/mol. The summed E-state index contributed by atoms with van der Waals surface area (Å²) in [6.07, 6.45) is 4.08. The van der Waals surface area contributed by atoms with Crippen molar-refractivity contribution in [1.82, 2.24) is 15.1 Å². The van der Waals surface area contributed by atoms with Crippen LogP contribution >= 0.6 is 0 Å². The Morgan fingerprint density at radius 2 is 2.13 bits per heavy atom. The zero-order valence-corrected chi connectivity index (χ0v) is 14.0. The van der Waals surface area contributed by atoms with Crippen LogP contribution in [0.25, 0.3) is 0 Å². The van der Waals surface area contributed by atoms with Crippen molar-refractivity contribution in [2.24, 2.45) is 0 Å². The van der Waals surface area contributed by atoms with Crippen LogP contribution in [0.1, 0.15) is 30.5 Å². The Labute approximate surface area is 136 Å². The van der Waals surface area contributed by atoms with Crippen LogP contribution in [0.4, 0.5) is 0 Å². The van der Waals surface area contributed by atoms with Gasteiger partial charge in [0.2, 0.25) is 5.91 Å². The molecule has 1 amide bonds. The van der Waals surface area contributed by atoms with Crippen LogP contribution in [0.15, 0.2) is 30.6 Å². The van der Waals surface area contributed by atoms with Crippen molar-refractivity contribution in [3.8, 4) is 11.5 Å². The first-order chi connectivity index (χ1) is 11.0. The van der Waals surface area contributed by atoms with E-state index in [1.807, 2.05) is 38.2 Å². The summed E-state index contributed by atoms with van der Waals surface area (Å²) in [6, 6.07) is 5.42. The lowest BCUT2D eigenvalue weighted by atomic mass is 10.1. The number of rotatable bonds is 7. The van der Waals surface area contributed by atoms with Gasteiger partial charge in [-0.05, 0) is 31.5 Å². The smallest absolute Gasteiger partial charge is 0.222 e. The number of nitrogens with one attached hydrogen (secondary N) is 1. The number of amides is 1. The number of aromatic nitrogens is 2. The lowest BCUT2D eigenvalue weighted by Crippen LogP contribution is -2.27. The highest BCUT2D eigenvalue weighted by Gasteiger charge is 2.15. The van der Waals surface area contributed by atoms with Gasteiger partial charge < -0.3 is 14.8 Å². The standard InChI is InChI=1S/C17H23N3O3/c1-12-10-18-20(11-12)8-7-17(21)19-13(2)15-6-5-14(22-3)9-16(15)23-4/h5-6,9-11,13H,7-8H2,1-4H3,(H,19,21). The van der Waals surface area contributed by atoms with E-state index in [9.17, 15) is 4.79 Å². The average molecular weight is 317 g/mol. The highest BCUT2D eigenvalue weighted by molar-refractivity contribution is 5.76. The Kier molecular flexibility index (Phi) is 5.62. The highest BCUT2D eigenvalue weighted by atomic mass is 16.5. The SMILES string of the molecule is COc1ccc(C(C)NC(=O)CCn2cc(C)cn2)c(OC)c1. The van der Waals surface area contributed by atoms with Crippen molar-refractivity contribution in [2.45, 2.75) is 32.9 Å². The number of aryl methyl sites for hydroxylation is 2. The van der Waals surface area contributed by atoms with E-state index in [0.29, 0.717) is 18.7 Å². The Balaban J connectivity index is 1.95. The summed E-state index contributed by atoms with van der Waals surface area (Å²) in [7, 11) is 3.21. The minimum absolute atomic E-state index is 0.0245. The third-order valence-electron chi connectivity index (χ3n) is 3.61. The predicted molar refractivity (Wildman–Crippen MR) is 87.7 cm³/mol. The molecule has 1 atom stereocenters. The molecular formula is C17H23N3O3. The first-order valence-electron chi connectivity index (χ1n) is 7.54. The van der Waals surface area contributed by atoms with Gasteiger partial charge in [-0.2, -0.15) is 5.10 Å². The van der Waals surface area contributed by atoms with E-state index < -0.39 is 0 Å². The summed E-state index contributed by atoms with van der Waals surface area (Å²) >= 11 is 0. The fraction of sp³-hybridized carbons (Fsp3) is 0.412. The van der Waals surface area contributed by atoms with Gasteiger partial charge in [0.15, 0.2) is 0 Å². The Morgan fingerprint density at radius 1 is 1.35 bits per heavy atom. The molecule has 0 saturated carbocycles. The van der Waals surface area contributed by atoms with Gasteiger partial charge in [0.05, 0.1) is 26.5 Å². The second-order valence-electron chi connectivity index (χ2n) is 5.43. The minimum Gasteiger partial charge on any atom is -0.497 e. The molecule has 6 nitrogen and oxygen atoms in total. The van der Waals surface area contributed by atoms with E-state index >= 15 is 0 Å². The lowest BCUT2D eigenvalue weighted by Gasteiger charge is -2.18. The molecule has 0 aliphatic rings. The third kappa shape index (κ3) is 4.48. The summed E-state index contributed by atoms with van der Waals surface area (Å²) in [4.78, 5) is 12.1. The molecular weight excluding hydrogens is 294 g/mol. The van der Waals surface area contributed by atoms with E-state index in [0.717, 1.165) is 16.9 Å². The zero-order valence-electron chi connectivity index (χ0n) is 14.0. The quantitative estimate of drug-likeness (QED) is 0.852. The van der Waals surface area contributed by atoms with Crippen molar-refractivity contribution in [2.75, 3.05) is 14.2 Å². The maximum Gasteiger partial charge on any atom is 0.222 e. The molecule has 0 spiro atoms. The van der Waals surface area contributed by atoms with E-state index in [2.05, 4.69) is 10.4 Å². The molecule has 0 fully saturated rings. The topological polar surface area (TPSA) is 65.4 Å². The van der Waals surface area contributed by atoms with Crippen LogP contribution < -0.4 is 14.8 Å². The molecule has 0 aliphatic carbocycles. The molecule has 1 aromatic heterocycles. The molecule has 2 rings (SSSR count). The van der Waals surface area contributed by atoms with Crippen LogP contribution in [0.5, 0.6) is 11.5 Å². The molecule has 1 aromatic carbocycles. The van der Waals surface area contributed by atoms with Crippen LogP contribution in [-0.2, 0) is 11.3 Å². The number of methoxy groups -OCH3 is 2. The predicted octanol–water partition coefficient (Wildman–Crippen LogP) is 2.48. The van der Waals surface area contributed by atoms with Gasteiger partial charge in [-0.25, -0.2) is 0 Å². The molecule has 0 aliphatic heterocycles. The molecule has 23 heavy (non-hydrogen) atoms. The van der Waals surface area contributed by atoms with Gasteiger partial charge in [0.1, 0.15) is 11.5 Å². The second-order valence-corrected chi connectivity index (χ2v) is 5.43. The van der Waals surface area contributed by atoms with E-state index in [-0.39, 0.29) is 11.9 Å². The van der Waals surface area contributed by atoms with Crippen LogP contribution in [-0.4, -0.2) is 29.9 Å². The maximum absolute atomic E-state index is 12.1. The van der Waals surface area contributed by atoms with Crippen molar-refractivity contribution < 1.29 is 14.3 Å². The first kappa shape index (κ1) is 16.9. The fourth-order valence-electron chi connectivity index (χ4n) is 2.37. The molecule has 1 N–H and O–H groups in total. The number of hydrogen-bond acceptors (Lipinski definition) is 4. The fourth-order valence-corrected chi connectivity index (χ4v) is 2.37. The zero-order chi connectivity index (χ0) is 16.8. The van der Waals surface area contributed by atoms with Crippen molar-refractivity contribution >= 4 is 5.91 Å². The number of benzene rings is 1. The summed E-state index contributed by atoms with van der Waals surface area (Å²) in [5, 5.41) is 7.16. The minimum atomic E-state index is -0.150. The van der Waals surface area contributed by atoms with E-state index in [1.165, 1.54) is 0 Å². The van der Waals surface area contributed by atoms with Crippen LogP contribution in [0, 0.1) is 6.92 Å². The van der Waals surface area contributed by atoms with Crippen molar-refractivity contribution in [1.29, 1.82) is 0 Å². The second kappa shape index (κ2) is 7.67. The van der Waals surface area contributed by atoms with Crippen molar-refractivity contribution in [3.63, 3.8) is 0 Å². The summed E-state index contributed by atoms with van der Waals surface area (Å²) in [5.41, 5.74) is 2.00. The summed E-state index contributed by atoms with van der Waals surface area (Å²) in [6.45, 7) is 4.47. The average Bonchev–Trinajstić information content (AvgIpc) is 2.97. The van der Waals surface area contributed by atoms with E-state index in [1.54, 1.807) is 25.1 Å². The summed E-state index contributed by atoms with van der Waals surface area (Å²) in [5.74, 6) is 1.39. The molecule has 1 unspecified atom stereocenters. The number of hydrogen-bond donors (Lipinski definition) is 1. The van der Waals surface area contributed by atoms with E-state index in [4.69, 9.17) is 9.47 Å². The molecule has 6 heteroatoms. The molecule has 1 heterocycles. The Bertz CT molecular complexity index is 667. The molecule has 0 radical (unpaired) electrons. The van der Waals surface area contributed by atoms with Crippen molar-refractivity contribution in [3.05, 3.63) is 41.7 Å². The normalized spacial score (nSPS) is 11.8. The number of carbonyl (C=O) groups is 1. The molecule has 124 valence electrons. The molecule has 0 bridgehead atoms. The van der Waals surface area contributed by atoms with Gasteiger partial charge in [0.25, 0.3) is 0 Å². The summed E-state index contributed by atoms with van der Waals surface area (Å²) < 4.78 is 12.3. The highest BCUT2D eigenvalue weighted by Crippen LogP contribution is 2.29. The maximum atomic E-state index is 12.1. The van der Waals surface area contributed by atoms with Gasteiger partial charge >= 0.3 is 0 Å². The number of nitrogens with zero attached hydrogens (tertiary/aromatic N) is 2. The first-order valence-corrected chi connectivity index (χ1v) is 7.54. The Morgan fingerprint density at radius 3 is 2.74 bits per heavy atom. The lowest BCUT2D eigenvalue weighted by molar-refractivity contribution is -0.122. The molecule has 0 saturated heterocycles. The third-order valence-corrected chi connectivity index (χ3v) is 3.61. The molecule has 2 aromatic rings. The largest absolute Gasteiger partial charge is 0.497 e. The van der Waals surface area contributed by atoms with Gasteiger partial charge in [-0.15, -0.1) is 0 Å². The van der Waals surface area contributed by atoms with Gasteiger partial charge in [-0.1, -0.05) is 0 Å². The van der Waals surface area contributed by atoms with Crippen LogP contribution in [0.3, 0.4) is 0 Å². The van der Waals surface area contributed by atoms with Crippen LogP contribution in [0.2, 0.25) is 0 Å². The number of ether oxygens (including phenoxy) is 2. The Hall–Kier alpha value is -2.50. The van der Waals surface area contributed by atoms with Gasteiger partial charge in [0, 0.05) is 30.8 Å². The number of carbonyl (C=O) groups excluding carboxylic acids is 1. The van der Waals surface area contributed by atoms with Gasteiger partial charge in [-0.3, -0.25) is 9.48 Å².